The van der Waals surface area contributed by atoms with E-state index in [1.165, 1.54) is 12.8 Å². The molecule has 2 unspecified atom stereocenters. The third kappa shape index (κ3) is 6.25. The second kappa shape index (κ2) is 8.59. The average Bonchev–Trinajstić information content (AvgIpc) is 2.82. The molecule has 1 aliphatic rings. The predicted molar refractivity (Wildman–Crippen MR) is 101 cm³/mol. The number of ether oxygens (including phenoxy) is 1. The van der Waals surface area contributed by atoms with Gasteiger partial charge in [-0.25, -0.2) is 4.79 Å². The Morgan fingerprint density at radius 1 is 1.40 bits per heavy atom. The van der Waals surface area contributed by atoms with Crippen molar-refractivity contribution in [1.29, 1.82) is 0 Å². The van der Waals surface area contributed by atoms with Crippen molar-refractivity contribution in [3.05, 3.63) is 12.3 Å². The summed E-state index contributed by atoms with van der Waals surface area (Å²) < 4.78 is 7.54. The van der Waals surface area contributed by atoms with Gasteiger partial charge < -0.3 is 15.0 Å². The number of amides is 1. The van der Waals surface area contributed by atoms with Crippen molar-refractivity contribution in [1.82, 2.24) is 14.7 Å². The third-order valence-electron chi connectivity index (χ3n) is 4.49. The number of anilines is 1. The van der Waals surface area contributed by atoms with Crippen LogP contribution in [0.4, 0.5) is 10.6 Å². The molecule has 6 nitrogen and oxygen atoms in total. The molecule has 1 aromatic heterocycles. The predicted octanol–water partition coefficient (Wildman–Crippen LogP) is 4.27. The summed E-state index contributed by atoms with van der Waals surface area (Å²) in [6.45, 7) is 11.7. The standard InChI is InChI=1S/C19H34N4O2/c1-6-22-13-11-17(21-22)20-15(2)14-16-10-8-7-9-12-23(16)18(24)25-19(3,4)5/h11,13,15-16H,6-10,12,14H2,1-5H3,(H,20,21). The summed E-state index contributed by atoms with van der Waals surface area (Å²) in [5.41, 5.74) is -0.454. The van der Waals surface area contributed by atoms with E-state index in [9.17, 15) is 4.79 Å². The zero-order valence-corrected chi connectivity index (χ0v) is 16.4. The SMILES string of the molecule is CCn1ccc(NC(C)CC2CCCCCN2C(=O)OC(C)(C)C)n1. The van der Waals surface area contributed by atoms with Crippen molar-refractivity contribution in [3.8, 4) is 0 Å². The first-order valence-electron chi connectivity index (χ1n) is 9.58. The molecular formula is C19H34N4O2. The summed E-state index contributed by atoms with van der Waals surface area (Å²) in [5.74, 6) is 0.895. The van der Waals surface area contributed by atoms with E-state index in [4.69, 9.17) is 4.74 Å². The maximum absolute atomic E-state index is 12.6. The molecule has 25 heavy (non-hydrogen) atoms. The number of carbonyl (C=O) groups is 1. The smallest absolute Gasteiger partial charge is 0.410 e. The molecule has 2 atom stereocenters. The van der Waals surface area contributed by atoms with Crippen LogP contribution in [-0.4, -0.2) is 45.0 Å². The molecule has 1 amide bonds. The van der Waals surface area contributed by atoms with Gasteiger partial charge in [-0.2, -0.15) is 5.10 Å². The molecular weight excluding hydrogens is 316 g/mol. The lowest BCUT2D eigenvalue weighted by Gasteiger charge is -2.33. The molecule has 2 heterocycles. The molecule has 1 N–H and O–H groups in total. The maximum Gasteiger partial charge on any atom is 0.410 e. The second-order valence-corrected chi connectivity index (χ2v) is 8.01. The minimum Gasteiger partial charge on any atom is -0.444 e. The maximum atomic E-state index is 12.6. The third-order valence-corrected chi connectivity index (χ3v) is 4.49. The van der Waals surface area contributed by atoms with Crippen LogP contribution in [0, 0.1) is 0 Å². The van der Waals surface area contributed by atoms with Crippen LogP contribution in [0.1, 0.15) is 66.7 Å². The number of rotatable bonds is 5. The van der Waals surface area contributed by atoms with Crippen LogP contribution >= 0.6 is 0 Å². The Morgan fingerprint density at radius 2 is 2.16 bits per heavy atom. The van der Waals surface area contributed by atoms with E-state index >= 15 is 0 Å². The van der Waals surface area contributed by atoms with Crippen LogP contribution in [0.3, 0.4) is 0 Å². The Balaban J connectivity index is 1.98. The summed E-state index contributed by atoms with van der Waals surface area (Å²) in [6, 6.07) is 2.46. The van der Waals surface area contributed by atoms with Gasteiger partial charge in [-0.3, -0.25) is 4.68 Å². The summed E-state index contributed by atoms with van der Waals surface area (Å²) in [7, 11) is 0. The van der Waals surface area contributed by atoms with Crippen molar-refractivity contribution in [3.63, 3.8) is 0 Å². The number of nitrogens with one attached hydrogen (secondary N) is 1. The largest absolute Gasteiger partial charge is 0.444 e. The normalized spacial score (nSPS) is 20.0. The van der Waals surface area contributed by atoms with E-state index in [2.05, 4.69) is 24.3 Å². The Labute approximate surface area is 151 Å². The Kier molecular flexibility index (Phi) is 6.73. The van der Waals surface area contributed by atoms with Crippen LogP contribution in [0.15, 0.2) is 12.3 Å². The number of aromatic nitrogens is 2. The van der Waals surface area contributed by atoms with Gasteiger partial charge in [0.15, 0.2) is 0 Å². The van der Waals surface area contributed by atoms with Crippen molar-refractivity contribution in [2.45, 2.75) is 91.0 Å². The summed E-state index contributed by atoms with van der Waals surface area (Å²) in [5, 5.41) is 7.94. The number of aryl methyl sites for hydroxylation is 1. The number of likely N-dealkylation sites (tertiary alicyclic amines) is 1. The van der Waals surface area contributed by atoms with Gasteiger partial charge in [-0.15, -0.1) is 0 Å². The van der Waals surface area contributed by atoms with E-state index < -0.39 is 5.60 Å². The molecule has 1 aliphatic heterocycles. The van der Waals surface area contributed by atoms with Gasteiger partial charge in [0.2, 0.25) is 0 Å². The van der Waals surface area contributed by atoms with Crippen LogP contribution in [0.25, 0.3) is 0 Å². The number of hydrogen-bond acceptors (Lipinski definition) is 4. The van der Waals surface area contributed by atoms with Crippen LogP contribution in [-0.2, 0) is 11.3 Å². The van der Waals surface area contributed by atoms with E-state index in [0.29, 0.717) is 0 Å². The highest BCUT2D eigenvalue weighted by atomic mass is 16.6. The molecule has 0 aromatic carbocycles. The Hall–Kier alpha value is -1.72. The highest BCUT2D eigenvalue weighted by Gasteiger charge is 2.30. The first kappa shape index (κ1) is 19.6. The highest BCUT2D eigenvalue weighted by Crippen LogP contribution is 2.24. The molecule has 0 spiro atoms. The number of hydrogen-bond donors (Lipinski definition) is 1. The minimum atomic E-state index is -0.454. The van der Waals surface area contributed by atoms with Gasteiger partial charge in [0.1, 0.15) is 11.4 Å². The van der Waals surface area contributed by atoms with Crippen molar-refractivity contribution < 1.29 is 9.53 Å². The fourth-order valence-corrected chi connectivity index (χ4v) is 3.32. The zero-order chi connectivity index (χ0) is 18.4. The van der Waals surface area contributed by atoms with Crippen LogP contribution in [0.5, 0.6) is 0 Å². The molecule has 2 rings (SSSR count). The van der Waals surface area contributed by atoms with E-state index in [0.717, 1.165) is 38.2 Å². The van der Waals surface area contributed by atoms with Crippen molar-refractivity contribution in [2.24, 2.45) is 0 Å². The first-order chi connectivity index (χ1) is 11.8. The fraction of sp³-hybridized carbons (Fsp3) is 0.789. The molecule has 142 valence electrons. The van der Waals surface area contributed by atoms with Gasteiger partial charge in [0, 0.05) is 37.4 Å². The molecule has 6 heteroatoms. The number of nitrogens with zero attached hydrogens (tertiary/aromatic N) is 3. The van der Waals surface area contributed by atoms with E-state index in [-0.39, 0.29) is 18.2 Å². The molecule has 0 saturated carbocycles. The summed E-state index contributed by atoms with van der Waals surface area (Å²) >= 11 is 0. The minimum absolute atomic E-state index is 0.179. The molecule has 0 aliphatic carbocycles. The summed E-state index contributed by atoms with van der Waals surface area (Å²) in [4.78, 5) is 14.6. The van der Waals surface area contributed by atoms with Gasteiger partial charge in [0.25, 0.3) is 0 Å². The van der Waals surface area contributed by atoms with Crippen molar-refractivity contribution in [2.75, 3.05) is 11.9 Å². The second-order valence-electron chi connectivity index (χ2n) is 8.01. The average molecular weight is 351 g/mol. The van der Waals surface area contributed by atoms with Crippen LogP contribution in [0.2, 0.25) is 0 Å². The lowest BCUT2D eigenvalue weighted by Crippen LogP contribution is -2.45. The molecule has 1 aromatic rings. The summed E-state index contributed by atoms with van der Waals surface area (Å²) in [6.07, 6.45) is 7.14. The Morgan fingerprint density at radius 3 is 2.80 bits per heavy atom. The molecule has 0 bridgehead atoms. The zero-order valence-electron chi connectivity index (χ0n) is 16.4. The quantitative estimate of drug-likeness (QED) is 0.861. The van der Waals surface area contributed by atoms with Crippen molar-refractivity contribution >= 4 is 11.9 Å². The lowest BCUT2D eigenvalue weighted by molar-refractivity contribution is 0.0155. The van der Waals surface area contributed by atoms with Crippen LogP contribution < -0.4 is 5.32 Å². The first-order valence-corrected chi connectivity index (χ1v) is 9.58. The number of carbonyl (C=O) groups excluding carboxylic acids is 1. The van der Waals surface area contributed by atoms with Gasteiger partial charge in [-0.05, 0) is 53.9 Å². The lowest BCUT2D eigenvalue weighted by atomic mass is 10.0. The topological polar surface area (TPSA) is 59.4 Å². The van der Waals surface area contributed by atoms with E-state index in [1.54, 1.807) is 0 Å². The molecule has 0 radical (unpaired) electrons. The fourth-order valence-electron chi connectivity index (χ4n) is 3.32. The van der Waals surface area contributed by atoms with E-state index in [1.807, 2.05) is 42.6 Å². The van der Waals surface area contributed by atoms with Gasteiger partial charge in [-0.1, -0.05) is 12.8 Å². The van der Waals surface area contributed by atoms with Gasteiger partial charge in [0.05, 0.1) is 0 Å². The van der Waals surface area contributed by atoms with Gasteiger partial charge >= 0.3 is 6.09 Å². The highest BCUT2D eigenvalue weighted by molar-refractivity contribution is 5.68. The molecule has 1 fully saturated rings. The monoisotopic (exact) mass is 350 g/mol. The Bertz CT molecular complexity index is 550. The molecule has 1 saturated heterocycles.